The number of rotatable bonds is 6. The number of nitrogens with one attached hydrogen (secondary N) is 1. The van der Waals surface area contributed by atoms with Crippen LogP contribution in [0, 0.1) is 0 Å². The summed E-state index contributed by atoms with van der Waals surface area (Å²) in [7, 11) is 1.55. The molecule has 5 nitrogen and oxygen atoms in total. The van der Waals surface area contributed by atoms with E-state index in [0.29, 0.717) is 12.1 Å². The summed E-state index contributed by atoms with van der Waals surface area (Å²) in [6, 6.07) is 9.80. The topological polar surface area (TPSA) is 67.2 Å². The van der Waals surface area contributed by atoms with Crippen molar-refractivity contribution in [1.82, 2.24) is 9.78 Å². The Morgan fingerprint density at radius 3 is 2.76 bits per heavy atom. The summed E-state index contributed by atoms with van der Waals surface area (Å²) >= 11 is 6.08. The van der Waals surface area contributed by atoms with E-state index in [9.17, 15) is 4.79 Å². The number of hydrogen-bond donors (Lipinski definition) is 2. The Kier molecular flexibility index (Phi) is 5.36. The molecule has 0 radical (unpaired) electrons. The van der Waals surface area contributed by atoms with Gasteiger partial charge in [0.1, 0.15) is 5.02 Å². The molecule has 1 atom stereocenters. The van der Waals surface area contributed by atoms with Gasteiger partial charge in [-0.1, -0.05) is 41.9 Å². The molecule has 0 spiro atoms. The number of nitrogens with zero attached hydrogens (tertiary/aromatic N) is 2. The van der Waals surface area contributed by atoms with Crippen LogP contribution >= 0.6 is 11.6 Å². The van der Waals surface area contributed by atoms with Crippen LogP contribution in [0.4, 0.5) is 5.69 Å². The zero-order valence-corrected chi connectivity index (χ0v) is 12.5. The van der Waals surface area contributed by atoms with E-state index in [0.717, 1.165) is 12.0 Å². The minimum atomic E-state index is -0.337. The normalized spacial score (nSPS) is 12.1. The van der Waals surface area contributed by atoms with Crippen LogP contribution in [0.3, 0.4) is 0 Å². The first-order valence-corrected chi connectivity index (χ1v) is 7.15. The molecule has 1 aromatic heterocycles. The van der Waals surface area contributed by atoms with Gasteiger partial charge in [-0.3, -0.25) is 4.79 Å². The van der Waals surface area contributed by atoms with Gasteiger partial charge in [0.05, 0.1) is 17.9 Å². The highest BCUT2D eigenvalue weighted by Crippen LogP contribution is 2.26. The molecule has 2 N–H and O–H groups in total. The number of hydrogen-bond acceptors (Lipinski definition) is 4. The van der Waals surface area contributed by atoms with Crippen molar-refractivity contribution in [3.05, 3.63) is 57.5 Å². The molecular weight excluding hydrogens is 290 g/mol. The standard InChI is InChI=1S/C15H18ClN3O2/c1-19-15(21)14(16)13(10-17-19)18-12(8-5-9-20)11-6-3-2-4-7-11/h2-4,6-7,10,12,18,20H,5,8-9H2,1H3/t12-/m1/s1. The summed E-state index contributed by atoms with van der Waals surface area (Å²) in [5.41, 5.74) is 1.24. The second-order valence-electron chi connectivity index (χ2n) is 4.77. The van der Waals surface area contributed by atoms with Crippen LogP contribution in [-0.2, 0) is 7.05 Å². The molecule has 0 saturated heterocycles. The zero-order chi connectivity index (χ0) is 15.2. The highest BCUT2D eigenvalue weighted by atomic mass is 35.5. The van der Waals surface area contributed by atoms with E-state index < -0.39 is 0 Å². The Labute approximate surface area is 128 Å². The largest absolute Gasteiger partial charge is 0.396 e. The van der Waals surface area contributed by atoms with Crippen LogP contribution in [0.5, 0.6) is 0 Å². The van der Waals surface area contributed by atoms with Crippen LogP contribution in [0.1, 0.15) is 24.4 Å². The summed E-state index contributed by atoms with van der Waals surface area (Å²) in [4.78, 5) is 11.8. The van der Waals surface area contributed by atoms with Crippen molar-refractivity contribution in [1.29, 1.82) is 0 Å². The molecule has 6 heteroatoms. The van der Waals surface area contributed by atoms with Gasteiger partial charge in [0.15, 0.2) is 0 Å². The predicted molar refractivity (Wildman–Crippen MR) is 83.6 cm³/mol. The fraction of sp³-hybridized carbons (Fsp3) is 0.333. The van der Waals surface area contributed by atoms with Gasteiger partial charge in [0, 0.05) is 13.7 Å². The quantitative estimate of drug-likeness (QED) is 0.860. The molecule has 0 aliphatic carbocycles. The van der Waals surface area contributed by atoms with Crippen LogP contribution in [0.15, 0.2) is 41.3 Å². The van der Waals surface area contributed by atoms with E-state index in [1.165, 1.54) is 4.68 Å². The fourth-order valence-electron chi connectivity index (χ4n) is 2.10. The van der Waals surface area contributed by atoms with Gasteiger partial charge in [-0.25, -0.2) is 4.68 Å². The van der Waals surface area contributed by atoms with E-state index >= 15 is 0 Å². The number of halogens is 1. The lowest BCUT2D eigenvalue weighted by atomic mass is 10.0. The van der Waals surface area contributed by atoms with Crippen LogP contribution < -0.4 is 10.9 Å². The Morgan fingerprint density at radius 1 is 1.38 bits per heavy atom. The first kappa shape index (κ1) is 15.5. The SMILES string of the molecule is Cn1ncc(N[C@H](CCCO)c2ccccc2)c(Cl)c1=O. The monoisotopic (exact) mass is 307 g/mol. The maximum Gasteiger partial charge on any atom is 0.287 e. The van der Waals surface area contributed by atoms with Crippen LogP contribution in [-0.4, -0.2) is 21.5 Å². The molecule has 0 saturated carbocycles. The third-order valence-corrected chi connectivity index (χ3v) is 3.63. The maximum atomic E-state index is 11.8. The highest BCUT2D eigenvalue weighted by molar-refractivity contribution is 6.32. The van der Waals surface area contributed by atoms with E-state index in [4.69, 9.17) is 16.7 Å². The van der Waals surface area contributed by atoms with Gasteiger partial charge in [-0.2, -0.15) is 5.10 Å². The van der Waals surface area contributed by atoms with E-state index in [1.54, 1.807) is 13.2 Å². The average molecular weight is 308 g/mol. The molecule has 1 heterocycles. The van der Waals surface area contributed by atoms with Crippen molar-refractivity contribution < 1.29 is 5.11 Å². The van der Waals surface area contributed by atoms with Gasteiger partial charge < -0.3 is 10.4 Å². The lowest BCUT2D eigenvalue weighted by Crippen LogP contribution is -2.22. The molecule has 2 rings (SSSR count). The molecule has 21 heavy (non-hydrogen) atoms. The van der Waals surface area contributed by atoms with Gasteiger partial charge in [0.2, 0.25) is 0 Å². The number of anilines is 1. The number of aryl methyl sites for hydroxylation is 1. The predicted octanol–water partition coefficient (Wildman–Crippen LogP) is 2.36. The molecule has 0 amide bonds. The van der Waals surface area contributed by atoms with E-state index in [-0.39, 0.29) is 23.2 Å². The first-order chi connectivity index (χ1) is 10.1. The number of aromatic nitrogens is 2. The second kappa shape index (κ2) is 7.24. The van der Waals surface area contributed by atoms with Gasteiger partial charge >= 0.3 is 0 Å². The van der Waals surface area contributed by atoms with Crippen molar-refractivity contribution in [2.24, 2.45) is 7.05 Å². The van der Waals surface area contributed by atoms with E-state index in [2.05, 4.69) is 10.4 Å². The average Bonchev–Trinajstić information content (AvgIpc) is 2.52. The maximum absolute atomic E-state index is 11.8. The molecule has 0 aliphatic heterocycles. The Balaban J connectivity index is 2.27. The summed E-state index contributed by atoms with van der Waals surface area (Å²) in [6.07, 6.45) is 2.92. The minimum absolute atomic E-state index is 0.0373. The van der Waals surface area contributed by atoms with Crippen molar-refractivity contribution in [2.75, 3.05) is 11.9 Å². The molecular formula is C15H18ClN3O2. The minimum Gasteiger partial charge on any atom is -0.396 e. The third kappa shape index (κ3) is 3.83. The number of aliphatic hydroxyl groups is 1. The summed E-state index contributed by atoms with van der Waals surface area (Å²) in [5.74, 6) is 0. The Hall–Kier alpha value is -1.85. The van der Waals surface area contributed by atoms with Crippen molar-refractivity contribution in [3.8, 4) is 0 Å². The smallest absolute Gasteiger partial charge is 0.287 e. The van der Waals surface area contributed by atoms with Crippen LogP contribution in [0.2, 0.25) is 5.02 Å². The number of aliphatic hydroxyl groups excluding tert-OH is 1. The molecule has 112 valence electrons. The van der Waals surface area contributed by atoms with Crippen molar-refractivity contribution in [3.63, 3.8) is 0 Å². The number of benzene rings is 1. The summed E-state index contributed by atoms with van der Waals surface area (Å²) < 4.78 is 1.19. The molecule has 0 unspecified atom stereocenters. The second-order valence-corrected chi connectivity index (χ2v) is 5.15. The van der Waals surface area contributed by atoms with Gasteiger partial charge in [0.25, 0.3) is 5.56 Å². The third-order valence-electron chi connectivity index (χ3n) is 3.26. The molecule has 2 aromatic rings. The Bertz CT molecular complexity index is 643. The lowest BCUT2D eigenvalue weighted by molar-refractivity contribution is 0.281. The first-order valence-electron chi connectivity index (χ1n) is 6.77. The summed E-state index contributed by atoms with van der Waals surface area (Å²) in [5, 5.41) is 16.4. The molecule has 0 bridgehead atoms. The van der Waals surface area contributed by atoms with Gasteiger partial charge in [-0.05, 0) is 18.4 Å². The molecule has 0 aliphatic rings. The lowest BCUT2D eigenvalue weighted by Gasteiger charge is -2.20. The molecule has 1 aromatic carbocycles. The summed E-state index contributed by atoms with van der Waals surface area (Å²) in [6.45, 7) is 0.119. The fourth-order valence-corrected chi connectivity index (χ4v) is 2.33. The van der Waals surface area contributed by atoms with Crippen LogP contribution in [0.25, 0.3) is 0 Å². The molecule has 0 fully saturated rings. The zero-order valence-electron chi connectivity index (χ0n) is 11.8. The van der Waals surface area contributed by atoms with Crippen molar-refractivity contribution >= 4 is 17.3 Å². The van der Waals surface area contributed by atoms with E-state index in [1.807, 2.05) is 30.3 Å². The highest BCUT2D eigenvalue weighted by Gasteiger charge is 2.14. The Morgan fingerprint density at radius 2 is 2.10 bits per heavy atom. The van der Waals surface area contributed by atoms with Crippen molar-refractivity contribution in [2.45, 2.75) is 18.9 Å². The van der Waals surface area contributed by atoms with Gasteiger partial charge in [-0.15, -0.1) is 0 Å².